The van der Waals surface area contributed by atoms with Gasteiger partial charge < -0.3 is 15.6 Å². The van der Waals surface area contributed by atoms with Gasteiger partial charge in [0, 0.05) is 6.07 Å². The predicted octanol–water partition coefficient (Wildman–Crippen LogP) is 1.94. The molecule has 0 amide bonds. The number of nitrogens with zero attached hydrogens (tertiary/aromatic N) is 1. The van der Waals surface area contributed by atoms with E-state index >= 15 is 0 Å². The van der Waals surface area contributed by atoms with Gasteiger partial charge >= 0.3 is 5.69 Å². The summed E-state index contributed by atoms with van der Waals surface area (Å²) in [7, 11) is 1.36. The lowest BCUT2D eigenvalue weighted by Crippen LogP contribution is -2.21. The van der Waals surface area contributed by atoms with Crippen LogP contribution in [-0.4, -0.2) is 23.7 Å². The molecular weight excluding hydrogens is 236 g/mol. The quantitative estimate of drug-likeness (QED) is 0.618. The van der Waals surface area contributed by atoms with Crippen LogP contribution in [0.5, 0.6) is 11.5 Å². The van der Waals surface area contributed by atoms with E-state index in [-0.39, 0.29) is 16.9 Å². The van der Waals surface area contributed by atoms with Crippen molar-refractivity contribution in [2.75, 3.05) is 13.7 Å². The van der Waals surface area contributed by atoms with Crippen molar-refractivity contribution in [3.05, 3.63) is 27.8 Å². The average molecular weight is 254 g/mol. The Balaban J connectivity index is 3.38. The summed E-state index contributed by atoms with van der Waals surface area (Å²) in [5.74, 6) is -0.348. The highest BCUT2D eigenvalue weighted by Crippen LogP contribution is 2.40. The molecule has 0 saturated carbocycles. The van der Waals surface area contributed by atoms with Crippen molar-refractivity contribution in [1.29, 1.82) is 0 Å². The summed E-state index contributed by atoms with van der Waals surface area (Å²) in [4.78, 5) is 10.3. The zero-order valence-electron chi connectivity index (χ0n) is 10.8. The molecule has 0 spiro atoms. The summed E-state index contributed by atoms with van der Waals surface area (Å²) in [5, 5.41) is 20.6. The van der Waals surface area contributed by atoms with E-state index < -0.39 is 10.7 Å². The van der Waals surface area contributed by atoms with Gasteiger partial charge in [-0.05, 0) is 30.0 Å². The first-order chi connectivity index (χ1) is 8.33. The maximum absolute atomic E-state index is 10.9. The molecule has 0 aromatic heterocycles. The van der Waals surface area contributed by atoms with Crippen LogP contribution in [-0.2, 0) is 5.41 Å². The molecule has 1 rings (SSSR count). The second-order valence-electron chi connectivity index (χ2n) is 4.73. The van der Waals surface area contributed by atoms with Crippen LogP contribution in [0, 0.1) is 10.1 Å². The van der Waals surface area contributed by atoms with E-state index in [0.717, 1.165) is 0 Å². The molecule has 0 aliphatic carbocycles. The number of hydrogen-bond donors (Lipinski definition) is 2. The SMILES string of the molecule is COc1cc(C(C)(C)CCN)cc([N+](=O)[O-])c1O. The Bertz CT molecular complexity index is 458. The molecular formula is C12H18N2O4. The van der Waals surface area contributed by atoms with Crippen LogP contribution in [0.2, 0.25) is 0 Å². The van der Waals surface area contributed by atoms with E-state index in [2.05, 4.69) is 0 Å². The van der Waals surface area contributed by atoms with Crippen molar-refractivity contribution in [2.45, 2.75) is 25.7 Å². The molecule has 1 aromatic carbocycles. The zero-order valence-corrected chi connectivity index (χ0v) is 10.8. The molecule has 0 aliphatic heterocycles. The van der Waals surface area contributed by atoms with Gasteiger partial charge in [-0.25, -0.2) is 0 Å². The van der Waals surface area contributed by atoms with E-state index in [4.69, 9.17) is 10.5 Å². The Kier molecular flexibility index (Phi) is 4.13. The lowest BCUT2D eigenvalue weighted by atomic mass is 9.81. The molecule has 0 aliphatic rings. The van der Waals surface area contributed by atoms with Crippen molar-refractivity contribution >= 4 is 5.69 Å². The lowest BCUT2D eigenvalue weighted by molar-refractivity contribution is -0.386. The average Bonchev–Trinajstić information content (AvgIpc) is 2.28. The first-order valence-corrected chi connectivity index (χ1v) is 5.59. The van der Waals surface area contributed by atoms with Gasteiger partial charge in [0.1, 0.15) is 0 Å². The van der Waals surface area contributed by atoms with Crippen molar-refractivity contribution in [2.24, 2.45) is 5.73 Å². The topological polar surface area (TPSA) is 98.6 Å². The number of nitrogens with two attached hydrogens (primary N) is 1. The molecule has 0 radical (unpaired) electrons. The summed E-state index contributed by atoms with van der Waals surface area (Å²) in [6.45, 7) is 4.36. The summed E-state index contributed by atoms with van der Waals surface area (Å²) in [5.41, 5.74) is 5.58. The van der Waals surface area contributed by atoms with Crippen LogP contribution in [0.15, 0.2) is 12.1 Å². The summed E-state index contributed by atoms with van der Waals surface area (Å²) >= 11 is 0. The van der Waals surface area contributed by atoms with Gasteiger partial charge in [0.05, 0.1) is 12.0 Å². The smallest absolute Gasteiger partial charge is 0.314 e. The molecule has 0 unspecified atom stereocenters. The van der Waals surface area contributed by atoms with Crippen LogP contribution in [0.4, 0.5) is 5.69 Å². The molecule has 6 nitrogen and oxygen atoms in total. The van der Waals surface area contributed by atoms with Crippen LogP contribution in [0.25, 0.3) is 0 Å². The molecule has 0 atom stereocenters. The summed E-state index contributed by atoms with van der Waals surface area (Å²) in [6, 6.07) is 2.98. The van der Waals surface area contributed by atoms with E-state index in [1.165, 1.54) is 13.2 Å². The van der Waals surface area contributed by atoms with E-state index in [1.807, 2.05) is 13.8 Å². The fourth-order valence-corrected chi connectivity index (χ4v) is 1.78. The normalized spacial score (nSPS) is 11.3. The van der Waals surface area contributed by atoms with E-state index in [9.17, 15) is 15.2 Å². The highest BCUT2D eigenvalue weighted by atomic mass is 16.6. The zero-order chi connectivity index (χ0) is 13.9. The van der Waals surface area contributed by atoms with E-state index in [1.54, 1.807) is 6.07 Å². The maximum Gasteiger partial charge on any atom is 0.314 e. The van der Waals surface area contributed by atoms with Crippen molar-refractivity contribution in [1.82, 2.24) is 0 Å². The standard InChI is InChI=1S/C12H18N2O4/c1-12(2,4-5-13)8-6-9(14(16)17)11(15)10(7-8)18-3/h6-7,15H,4-5,13H2,1-3H3. The Morgan fingerprint density at radius 1 is 1.50 bits per heavy atom. The molecule has 0 bridgehead atoms. The number of ether oxygens (including phenoxy) is 1. The monoisotopic (exact) mass is 254 g/mol. The predicted molar refractivity (Wildman–Crippen MR) is 68.0 cm³/mol. The molecule has 0 heterocycles. The van der Waals surface area contributed by atoms with Gasteiger partial charge in [-0.3, -0.25) is 10.1 Å². The molecule has 1 aromatic rings. The Hall–Kier alpha value is -1.82. The summed E-state index contributed by atoms with van der Waals surface area (Å²) < 4.78 is 4.96. The fraction of sp³-hybridized carbons (Fsp3) is 0.500. The largest absolute Gasteiger partial charge is 0.500 e. The molecule has 0 saturated heterocycles. The fourth-order valence-electron chi connectivity index (χ4n) is 1.78. The lowest BCUT2D eigenvalue weighted by Gasteiger charge is -2.25. The van der Waals surface area contributed by atoms with Gasteiger partial charge in [0.2, 0.25) is 5.75 Å². The van der Waals surface area contributed by atoms with Gasteiger partial charge in [-0.15, -0.1) is 0 Å². The number of aromatic hydroxyl groups is 1. The minimum Gasteiger partial charge on any atom is -0.500 e. The van der Waals surface area contributed by atoms with Crippen LogP contribution in [0.1, 0.15) is 25.8 Å². The molecule has 18 heavy (non-hydrogen) atoms. The second-order valence-corrected chi connectivity index (χ2v) is 4.73. The highest BCUT2D eigenvalue weighted by molar-refractivity contribution is 5.58. The number of nitro benzene ring substituents is 1. The number of phenols is 1. The second kappa shape index (κ2) is 5.22. The first kappa shape index (κ1) is 14.2. The minimum atomic E-state index is -0.625. The summed E-state index contributed by atoms with van der Waals surface area (Å²) in [6.07, 6.45) is 0.679. The van der Waals surface area contributed by atoms with Gasteiger partial charge in [0.15, 0.2) is 5.75 Å². The number of methoxy groups -OCH3 is 1. The van der Waals surface area contributed by atoms with Gasteiger partial charge in [-0.2, -0.15) is 0 Å². The highest BCUT2D eigenvalue weighted by Gasteiger charge is 2.27. The molecule has 3 N–H and O–H groups in total. The molecule has 0 fully saturated rings. The Morgan fingerprint density at radius 3 is 2.56 bits per heavy atom. The number of nitro groups is 1. The third-order valence-corrected chi connectivity index (χ3v) is 3.02. The third-order valence-electron chi connectivity index (χ3n) is 3.02. The van der Waals surface area contributed by atoms with E-state index in [0.29, 0.717) is 18.5 Å². The number of benzene rings is 1. The third kappa shape index (κ3) is 2.70. The van der Waals surface area contributed by atoms with Gasteiger partial charge in [0.25, 0.3) is 0 Å². The molecule has 6 heteroatoms. The van der Waals surface area contributed by atoms with Crippen molar-refractivity contribution in [3.8, 4) is 11.5 Å². The first-order valence-electron chi connectivity index (χ1n) is 5.59. The van der Waals surface area contributed by atoms with Gasteiger partial charge in [-0.1, -0.05) is 13.8 Å². The van der Waals surface area contributed by atoms with Crippen molar-refractivity contribution in [3.63, 3.8) is 0 Å². The Labute approximate surface area is 106 Å². The molecule has 100 valence electrons. The van der Waals surface area contributed by atoms with Crippen LogP contribution >= 0.6 is 0 Å². The maximum atomic E-state index is 10.9. The Morgan fingerprint density at radius 2 is 2.11 bits per heavy atom. The van der Waals surface area contributed by atoms with Crippen molar-refractivity contribution < 1.29 is 14.8 Å². The van der Waals surface area contributed by atoms with Crippen LogP contribution in [0.3, 0.4) is 0 Å². The number of rotatable bonds is 5. The minimum absolute atomic E-state index is 0.101. The number of hydrogen-bond acceptors (Lipinski definition) is 5. The number of phenolic OH excluding ortho intramolecular Hbond substituents is 1. The van der Waals surface area contributed by atoms with Crippen LogP contribution < -0.4 is 10.5 Å².